The van der Waals surface area contributed by atoms with E-state index in [1.165, 1.54) is 12.8 Å². The Morgan fingerprint density at radius 1 is 0.955 bits per heavy atom. The van der Waals surface area contributed by atoms with Crippen LogP contribution in [-0.2, 0) is 0 Å². The van der Waals surface area contributed by atoms with Crippen LogP contribution in [0.5, 0.6) is 0 Å². The number of aromatic nitrogens is 2. The number of nitrogens with one attached hydrogen (secondary N) is 3. The lowest BCUT2D eigenvalue weighted by Gasteiger charge is -2.16. The molecule has 0 spiro atoms. The van der Waals surface area contributed by atoms with Gasteiger partial charge in [0.25, 0.3) is 5.91 Å². The minimum absolute atomic E-state index is 0.138. The summed E-state index contributed by atoms with van der Waals surface area (Å²) in [5.74, 6) is -0.138. The second kappa shape index (κ2) is 6.17. The Kier molecular flexibility index (Phi) is 4.09. The van der Waals surface area contributed by atoms with E-state index < -0.39 is 11.1 Å². The standard InChI is InChI=1S/C16H19N3O3/c20-14(17-11-5-3-1-2-4-6-11)10-7-8-12-13(9-10)19-16(22)15(21)18-12/h7-9,11H,1-6H2,(H,17,20)(H,18,21)(H,19,22). The van der Waals surface area contributed by atoms with Crippen LogP contribution in [0, 0.1) is 0 Å². The first-order chi connectivity index (χ1) is 10.6. The number of carbonyl (C=O) groups excluding carboxylic acids is 1. The van der Waals surface area contributed by atoms with E-state index >= 15 is 0 Å². The first kappa shape index (κ1) is 14.6. The van der Waals surface area contributed by atoms with Gasteiger partial charge in [0.1, 0.15) is 0 Å². The van der Waals surface area contributed by atoms with E-state index in [-0.39, 0.29) is 11.9 Å². The van der Waals surface area contributed by atoms with Crippen LogP contribution in [0.3, 0.4) is 0 Å². The van der Waals surface area contributed by atoms with E-state index in [0.29, 0.717) is 16.6 Å². The third kappa shape index (κ3) is 3.10. The van der Waals surface area contributed by atoms with Gasteiger partial charge >= 0.3 is 11.1 Å². The first-order valence-corrected chi connectivity index (χ1v) is 7.71. The number of H-pyrrole nitrogens is 2. The molecule has 6 heteroatoms. The Labute approximate surface area is 127 Å². The van der Waals surface area contributed by atoms with Gasteiger partial charge < -0.3 is 15.3 Å². The van der Waals surface area contributed by atoms with E-state index in [1.807, 2.05) is 0 Å². The fraction of sp³-hybridized carbons (Fsp3) is 0.438. The molecular weight excluding hydrogens is 282 g/mol. The molecule has 1 heterocycles. The maximum absolute atomic E-state index is 12.3. The van der Waals surface area contributed by atoms with Crippen molar-refractivity contribution in [1.82, 2.24) is 15.3 Å². The van der Waals surface area contributed by atoms with Crippen LogP contribution in [0.2, 0.25) is 0 Å². The van der Waals surface area contributed by atoms with Crippen LogP contribution >= 0.6 is 0 Å². The number of amides is 1. The maximum Gasteiger partial charge on any atom is 0.314 e. The van der Waals surface area contributed by atoms with E-state index in [2.05, 4.69) is 15.3 Å². The Hall–Kier alpha value is -2.37. The molecule has 1 aromatic heterocycles. The molecule has 1 saturated carbocycles. The van der Waals surface area contributed by atoms with Gasteiger partial charge in [0.15, 0.2) is 0 Å². The molecule has 1 amide bonds. The van der Waals surface area contributed by atoms with Gasteiger partial charge in [-0.1, -0.05) is 25.7 Å². The third-order valence-electron chi connectivity index (χ3n) is 4.17. The highest BCUT2D eigenvalue weighted by atomic mass is 16.2. The quantitative estimate of drug-likeness (QED) is 0.581. The summed E-state index contributed by atoms with van der Waals surface area (Å²) in [5, 5.41) is 3.06. The zero-order valence-corrected chi connectivity index (χ0v) is 12.3. The zero-order chi connectivity index (χ0) is 15.5. The lowest BCUT2D eigenvalue weighted by Crippen LogP contribution is -2.34. The Balaban J connectivity index is 1.82. The summed E-state index contributed by atoms with van der Waals surface area (Å²) in [6, 6.07) is 5.11. The summed E-state index contributed by atoms with van der Waals surface area (Å²) in [6.07, 6.45) is 6.80. The second-order valence-electron chi connectivity index (χ2n) is 5.83. The van der Waals surface area contributed by atoms with Gasteiger partial charge in [0.05, 0.1) is 11.0 Å². The Morgan fingerprint density at radius 3 is 2.27 bits per heavy atom. The molecule has 1 aliphatic carbocycles. The van der Waals surface area contributed by atoms with Gasteiger partial charge in [-0.05, 0) is 31.0 Å². The summed E-state index contributed by atoms with van der Waals surface area (Å²) in [7, 11) is 0. The molecule has 22 heavy (non-hydrogen) atoms. The highest BCUT2D eigenvalue weighted by Gasteiger charge is 2.16. The smallest absolute Gasteiger partial charge is 0.314 e. The molecule has 1 aromatic carbocycles. The van der Waals surface area contributed by atoms with Crippen molar-refractivity contribution in [3.05, 3.63) is 44.5 Å². The Bertz CT molecular complexity index is 798. The minimum atomic E-state index is -0.714. The van der Waals surface area contributed by atoms with Crippen molar-refractivity contribution in [1.29, 1.82) is 0 Å². The van der Waals surface area contributed by atoms with Crippen molar-refractivity contribution < 1.29 is 4.79 Å². The summed E-state index contributed by atoms with van der Waals surface area (Å²) >= 11 is 0. The van der Waals surface area contributed by atoms with Crippen molar-refractivity contribution in [2.75, 3.05) is 0 Å². The van der Waals surface area contributed by atoms with Crippen LogP contribution in [0.1, 0.15) is 48.9 Å². The predicted octanol–water partition coefficient (Wildman–Crippen LogP) is 1.67. The zero-order valence-electron chi connectivity index (χ0n) is 12.3. The molecule has 1 fully saturated rings. The van der Waals surface area contributed by atoms with Gasteiger partial charge in [-0.3, -0.25) is 14.4 Å². The fourth-order valence-corrected chi connectivity index (χ4v) is 2.95. The molecule has 1 aliphatic rings. The molecular formula is C16H19N3O3. The van der Waals surface area contributed by atoms with E-state index in [0.717, 1.165) is 25.7 Å². The maximum atomic E-state index is 12.3. The highest BCUT2D eigenvalue weighted by molar-refractivity contribution is 5.97. The normalized spacial score (nSPS) is 16.4. The molecule has 0 bridgehead atoms. The third-order valence-corrected chi connectivity index (χ3v) is 4.17. The van der Waals surface area contributed by atoms with Gasteiger partial charge in [-0.25, -0.2) is 0 Å². The molecule has 2 aromatic rings. The van der Waals surface area contributed by atoms with E-state index in [1.54, 1.807) is 18.2 Å². The van der Waals surface area contributed by atoms with Crippen LogP contribution in [0.25, 0.3) is 11.0 Å². The minimum Gasteiger partial charge on any atom is -0.349 e. The largest absolute Gasteiger partial charge is 0.349 e. The Morgan fingerprint density at radius 2 is 1.59 bits per heavy atom. The van der Waals surface area contributed by atoms with E-state index in [4.69, 9.17) is 0 Å². The molecule has 6 nitrogen and oxygen atoms in total. The predicted molar refractivity (Wildman–Crippen MR) is 84.1 cm³/mol. The lowest BCUT2D eigenvalue weighted by molar-refractivity contribution is 0.0933. The average molecular weight is 301 g/mol. The number of rotatable bonds is 2. The van der Waals surface area contributed by atoms with Gasteiger partial charge in [-0.15, -0.1) is 0 Å². The highest BCUT2D eigenvalue weighted by Crippen LogP contribution is 2.18. The summed E-state index contributed by atoms with van der Waals surface area (Å²) in [5.41, 5.74) is 0.0464. The summed E-state index contributed by atoms with van der Waals surface area (Å²) in [4.78, 5) is 40.0. The van der Waals surface area contributed by atoms with Gasteiger partial charge in [0.2, 0.25) is 0 Å². The molecule has 116 valence electrons. The molecule has 3 rings (SSSR count). The van der Waals surface area contributed by atoms with Crippen LogP contribution in [0.15, 0.2) is 27.8 Å². The average Bonchev–Trinajstić information content (AvgIpc) is 2.76. The number of benzene rings is 1. The number of aromatic amines is 2. The number of hydrogen-bond donors (Lipinski definition) is 3. The van der Waals surface area contributed by atoms with Gasteiger partial charge in [-0.2, -0.15) is 0 Å². The van der Waals surface area contributed by atoms with Crippen LogP contribution < -0.4 is 16.4 Å². The molecule has 0 atom stereocenters. The second-order valence-corrected chi connectivity index (χ2v) is 5.83. The van der Waals surface area contributed by atoms with Crippen molar-refractivity contribution in [3.8, 4) is 0 Å². The van der Waals surface area contributed by atoms with Crippen LogP contribution in [-0.4, -0.2) is 21.9 Å². The SMILES string of the molecule is O=C(NC1CCCCCC1)c1ccc2[nH]c(=O)c(=O)[nH]c2c1. The first-order valence-electron chi connectivity index (χ1n) is 7.71. The van der Waals surface area contributed by atoms with E-state index in [9.17, 15) is 14.4 Å². The topological polar surface area (TPSA) is 94.8 Å². The van der Waals surface area contributed by atoms with Crippen molar-refractivity contribution in [2.24, 2.45) is 0 Å². The lowest BCUT2D eigenvalue weighted by atomic mass is 10.1. The van der Waals surface area contributed by atoms with Crippen molar-refractivity contribution >= 4 is 16.9 Å². The van der Waals surface area contributed by atoms with Gasteiger partial charge in [0, 0.05) is 11.6 Å². The molecule has 0 unspecified atom stereocenters. The summed E-state index contributed by atoms with van der Waals surface area (Å²) in [6.45, 7) is 0. The number of fused-ring (bicyclic) bond motifs is 1. The molecule has 0 saturated heterocycles. The van der Waals surface area contributed by atoms with Crippen LogP contribution in [0.4, 0.5) is 0 Å². The molecule has 0 radical (unpaired) electrons. The van der Waals surface area contributed by atoms with Crippen molar-refractivity contribution in [2.45, 2.75) is 44.6 Å². The number of carbonyl (C=O) groups is 1. The van der Waals surface area contributed by atoms with Crippen molar-refractivity contribution in [3.63, 3.8) is 0 Å². The molecule has 3 N–H and O–H groups in total. The summed E-state index contributed by atoms with van der Waals surface area (Å²) < 4.78 is 0. The monoisotopic (exact) mass is 301 g/mol. The molecule has 0 aliphatic heterocycles. The number of hydrogen-bond acceptors (Lipinski definition) is 3. The fourth-order valence-electron chi connectivity index (χ4n) is 2.95.